The van der Waals surface area contributed by atoms with Crippen molar-refractivity contribution in [1.29, 1.82) is 5.26 Å². The van der Waals surface area contributed by atoms with Crippen molar-refractivity contribution < 1.29 is 8.78 Å². The second-order valence-corrected chi connectivity index (χ2v) is 5.69. The molecule has 2 saturated carbocycles. The zero-order valence-electron chi connectivity index (χ0n) is 10.8. The number of hydrogen-bond acceptors (Lipinski definition) is 3. The van der Waals surface area contributed by atoms with Crippen LogP contribution in [0.25, 0.3) is 0 Å². The monoisotopic (exact) mass is 257 g/mol. The Morgan fingerprint density at radius 3 is 2.72 bits per heavy atom. The molecule has 2 rings (SSSR count). The topological polar surface area (TPSA) is 39.1 Å². The summed E-state index contributed by atoms with van der Waals surface area (Å²) in [7, 11) is 1.74. The Morgan fingerprint density at radius 1 is 1.44 bits per heavy atom. The van der Waals surface area contributed by atoms with Crippen molar-refractivity contribution in [2.24, 2.45) is 0 Å². The highest BCUT2D eigenvalue weighted by molar-refractivity contribution is 5.13. The highest BCUT2D eigenvalue weighted by Crippen LogP contribution is 2.34. The Morgan fingerprint density at radius 2 is 2.17 bits per heavy atom. The quantitative estimate of drug-likeness (QED) is 0.820. The molecule has 0 aromatic heterocycles. The van der Waals surface area contributed by atoms with Crippen molar-refractivity contribution in [1.82, 2.24) is 10.2 Å². The molecule has 2 aliphatic carbocycles. The lowest BCUT2D eigenvalue weighted by molar-refractivity contribution is 0.0596. The fourth-order valence-corrected chi connectivity index (χ4v) is 2.87. The first-order valence-corrected chi connectivity index (χ1v) is 6.72. The summed E-state index contributed by atoms with van der Waals surface area (Å²) in [6, 6.07) is 2.97. The van der Waals surface area contributed by atoms with E-state index in [0.29, 0.717) is 12.5 Å². The molecule has 0 bridgehead atoms. The first-order chi connectivity index (χ1) is 8.54. The molecule has 0 heterocycles. The van der Waals surface area contributed by atoms with Gasteiger partial charge in [-0.1, -0.05) is 0 Å². The molecule has 2 unspecified atom stereocenters. The maximum absolute atomic E-state index is 12.4. The highest BCUT2D eigenvalue weighted by atomic mass is 19.3. The van der Waals surface area contributed by atoms with Gasteiger partial charge in [-0.15, -0.1) is 0 Å². The Bertz CT molecular complexity index is 325. The van der Waals surface area contributed by atoms with Gasteiger partial charge in [-0.25, -0.2) is 8.78 Å². The van der Waals surface area contributed by atoms with Crippen LogP contribution in [0.1, 0.15) is 38.5 Å². The minimum absolute atomic E-state index is 0.0960. The number of nitrogens with one attached hydrogen (secondary N) is 1. The third kappa shape index (κ3) is 3.39. The van der Waals surface area contributed by atoms with E-state index in [1.165, 1.54) is 0 Å². The summed E-state index contributed by atoms with van der Waals surface area (Å²) in [6.07, 6.45) is 3.35. The molecule has 0 amide bonds. The van der Waals surface area contributed by atoms with Crippen LogP contribution in [0.2, 0.25) is 0 Å². The van der Waals surface area contributed by atoms with E-state index < -0.39 is 12.0 Å². The van der Waals surface area contributed by atoms with Gasteiger partial charge in [0.05, 0.1) is 12.6 Å². The van der Waals surface area contributed by atoms with Gasteiger partial charge in [-0.2, -0.15) is 5.26 Å². The molecule has 102 valence electrons. The molecule has 0 aromatic carbocycles. The maximum atomic E-state index is 12.4. The summed E-state index contributed by atoms with van der Waals surface area (Å²) in [5, 5.41) is 12.8. The predicted octanol–water partition coefficient (Wildman–Crippen LogP) is 2.14. The lowest BCUT2D eigenvalue weighted by atomic mass is 9.79. The van der Waals surface area contributed by atoms with Gasteiger partial charge in [-0.05, 0) is 45.6 Å². The number of alkyl halides is 2. The molecule has 0 aromatic rings. The molecular weight excluding hydrogens is 236 g/mol. The summed E-state index contributed by atoms with van der Waals surface area (Å²) in [6.45, 7) is -0.199. The smallest absolute Gasteiger partial charge is 0.251 e. The average molecular weight is 257 g/mol. The highest BCUT2D eigenvalue weighted by Gasteiger charge is 2.41. The van der Waals surface area contributed by atoms with E-state index in [4.69, 9.17) is 0 Å². The molecule has 5 heteroatoms. The zero-order chi connectivity index (χ0) is 13.2. The van der Waals surface area contributed by atoms with E-state index in [9.17, 15) is 14.0 Å². The molecule has 0 aliphatic heterocycles. The maximum Gasteiger partial charge on any atom is 0.251 e. The van der Waals surface area contributed by atoms with Gasteiger partial charge >= 0.3 is 0 Å². The van der Waals surface area contributed by atoms with Crippen molar-refractivity contribution in [2.75, 3.05) is 13.6 Å². The van der Waals surface area contributed by atoms with Crippen molar-refractivity contribution >= 4 is 0 Å². The minimum Gasteiger partial charge on any atom is -0.298 e. The lowest BCUT2D eigenvalue weighted by Gasteiger charge is -2.40. The van der Waals surface area contributed by atoms with Crippen molar-refractivity contribution in [3.63, 3.8) is 0 Å². The van der Waals surface area contributed by atoms with Crippen LogP contribution < -0.4 is 5.32 Å². The summed E-state index contributed by atoms with van der Waals surface area (Å²) < 4.78 is 24.8. The standard InChI is InChI=1S/C13H21F2N3/c1-18(8-12(14)15)11-3-2-6-13(7-11,9-16)17-10-4-5-10/h10-12,17H,2-8H2,1H3. The van der Waals surface area contributed by atoms with Crippen LogP contribution in [-0.2, 0) is 0 Å². The van der Waals surface area contributed by atoms with E-state index in [1.54, 1.807) is 11.9 Å². The first-order valence-electron chi connectivity index (χ1n) is 6.72. The number of nitriles is 1. The van der Waals surface area contributed by atoms with Crippen LogP contribution in [0.15, 0.2) is 0 Å². The Kier molecular flexibility index (Phi) is 4.18. The molecule has 0 radical (unpaired) electrons. The lowest BCUT2D eigenvalue weighted by Crippen LogP contribution is -2.53. The van der Waals surface area contributed by atoms with Crippen molar-refractivity contribution in [3.8, 4) is 6.07 Å². The van der Waals surface area contributed by atoms with Crippen LogP contribution in [0.4, 0.5) is 8.78 Å². The first kappa shape index (κ1) is 13.7. The third-order valence-electron chi connectivity index (χ3n) is 4.05. The molecular formula is C13H21F2N3. The van der Waals surface area contributed by atoms with Crippen LogP contribution in [0.5, 0.6) is 0 Å². The number of rotatable bonds is 5. The Balaban J connectivity index is 1.95. The van der Waals surface area contributed by atoms with Crippen LogP contribution >= 0.6 is 0 Å². The third-order valence-corrected chi connectivity index (χ3v) is 4.05. The minimum atomic E-state index is -2.30. The summed E-state index contributed by atoms with van der Waals surface area (Å²) in [5.41, 5.74) is -0.486. The van der Waals surface area contributed by atoms with Crippen molar-refractivity contribution in [2.45, 2.75) is 62.6 Å². The van der Waals surface area contributed by atoms with E-state index >= 15 is 0 Å². The second kappa shape index (κ2) is 5.50. The zero-order valence-corrected chi connectivity index (χ0v) is 10.8. The normalized spacial score (nSPS) is 32.8. The Labute approximate surface area is 107 Å². The van der Waals surface area contributed by atoms with Gasteiger partial charge in [-0.3, -0.25) is 10.2 Å². The predicted molar refractivity (Wildman–Crippen MR) is 65.4 cm³/mol. The summed E-state index contributed by atoms with van der Waals surface area (Å²) in [5.74, 6) is 0. The van der Waals surface area contributed by atoms with Crippen LogP contribution in [0, 0.1) is 11.3 Å². The van der Waals surface area contributed by atoms with Gasteiger partial charge in [0.25, 0.3) is 6.43 Å². The number of nitrogens with zero attached hydrogens (tertiary/aromatic N) is 2. The summed E-state index contributed by atoms with van der Waals surface area (Å²) >= 11 is 0. The van der Waals surface area contributed by atoms with Gasteiger partial charge in [0.15, 0.2) is 0 Å². The SMILES string of the molecule is CN(CC(F)F)C1CCCC(C#N)(NC2CC2)C1. The van der Waals surface area contributed by atoms with Crippen LogP contribution in [0.3, 0.4) is 0 Å². The van der Waals surface area contributed by atoms with Gasteiger partial charge in [0.1, 0.15) is 5.54 Å². The largest absolute Gasteiger partial charge is 0.298 e. The second-order valence-electron chi connectivity index (χ2n) is 5.69. The van der Waals surface area contributed by atoms with Crippen molar-refractivity contribution in [3.05, 3.63) is 0 Å². The van der Waals surface area contributed by atoms with Crippen LogP contribution in [-0.4, -0.2) is 42.5 Å². The molecule has 3 nitrogen and oxygen atoms in total. The van der Waals surface area contributed by atoms with E-state index in [-0.39, 0.29) is 12.6 Å². The average Bonchev–Trinajstić information content (AvgIpc) is 3.12. The molecule has 18 heavy (non-hydrogen) atoms. The molecule has 2 aliphatic rings. The summed E-state index contributed by atoms with van der Waals surface area (Å²) in [4.78, 5) is 1.71. The van der Waals surface area contributed by atoms with Gasteiger partial charge in [0, 0.05) is 12.1 Å². The molecule has 0 spiro atoms. The number of halogens is 2. The van der Waals surface area contributed by atoms with E-state index in [0.717, 1.165) is 32.1 Å². The fourth-order valence-electron chi connectivity index (χ4n) is 2.87. The fraction of sp³-hybridized carbons (Fsp3) is 0.923. The number of hydrogen-bond donors (Lipinski definition) is 1. The molecule has 2 atom stereocenters. The van der Waals surface area contributed by atoms with Gasteiger partial charge < -0.3 is 0 Å². The molecule has 1 N–H and O–H groups in total. The molecule has 0 saturated heterocycles. The molecule has 2 fully saturated rings. The van der Waals surface area contributed by atoms with E-state index in [2.05, 4.69) is 11.4 Å². The van der Waals surface area contributed by atoms with E-state index in [1.807, 2.05) is 0 Å². The Hall–Kier alpha value is -0.730. The van der Waals surface area contributed by atoms with Gasteiger partial charge in [0.2, 0.25) is 0 Å².